The van der Waals surface area contributed by atoms with E-state index in [0.29, 0.717) is 30.0 Å². The molecule has 0 spiro atoms. The lowest BCUT2D eigenvalue weighted by Crippen LogP contribution is -2.26. The average Bonchev–Trinajstić information content (AvgIpc) is 2.74. The molecule has 2 aromatic carbocycles. The van der Waals surface area contributed by atoms with Crippen LogP contribution in [0.1, 0.15) is 73.1 Å². The molecule has 5 heteroatoms. The maximum Gasteiger partial charge on any atom is 0.255 e. The van der Waals surface area contributed by atoms with Crippen LogP contribution in [0.2, 0.25) is 0 Å². The molecule has 2 aromatic rings. The number of benzene rings is 2. The summed E-state index contributed by atoms with van der Waals surface area (Å²) in [6.07, 6.45) is 6.56. The maximum absolute atomic E-state index is 12.6. The minimum atomic E-state index is -0.256. The van der Waals surface area contributed by atoms with E-state index in [0.717, 1.165) is 25.0 Å². The van der Waals surface area contributed by atoms with Gasteiger partial charge in [0.2, 0.25) is 0 Å². The molecule has 0 fully saturated rings. The van der Waals surface area contributed by atoms with E-state index in [1.165, 1.54) is 19.3 Å². The van der Waals surface area contributed by atoms with E-state index in [1.807, 2.05) is 0 Å². The number of amides is 2. The van der Waals surface area contributed by atoms with Crippen LogP contribution < -0.4 is 15.4 Å². The van der Waals surface area contributed by atoms with Gasteiger partial charge in [0, 0.05) is 12.1 Å². The number of hydrogen-bond donors (Lipinski definition) is 2. The quantitative estimate of drug-likeness (QED) is 0.470. The van der Waals surface area contributed by atoms with Gasteiger partial charge in [-0.05, 0) is 49.2 Å². The fourth-order valence-electron chi connectivity index (χ4n) is 2.88. The molecule has 0 bridgehead atoms. The van der Waals surface area contributed by atoms with Crippen molar-refractivity contribution < 1.29 is 14.3 Å². The van der Waals surface area contributed by atoms with Gasteiger partial charge in [0.1, 0.15) is 5.75 Å². The number of ether oxygens (including phenoxy) is 1. The third kappa shape index (κ3) is 7.60. The van der Waals surface area contributed by atoms with Crippen molar-refractivity contribution in [2.75, 3.05) is 18.5 Å². The molecule has 29 heavy (non-hydrogen) atoms. The molecule has 0 aliphatic heterocycles. The maximum atomic E-state index is 12.6. The second-order valence-corrected chi connectivity index (χ2v) is 7.04. The Morgan fingerprint density at radius 3 is 2.28 bits per heavy atom. The summed E-state index contributed by atoms with van der Waals surface area (Å²) in [5.41, 5.74) is 1.48. The first-order valence-corrected chi connectivity index (χ1v) is 10.6. The molecule has 0 atom stereocenters. The molecule has 2 rings (SSSR count). The summed E-state index contributed by atoms with van der Waals surface area (Å²) in [5, 5.41) is 5.73. The van der Waals surface area contributed by atoms with Crippen molar-refractivity contribution in [3.8, 4) is 5.75 Å². The Hall–Kier alpha value is -2.82. The van der Waals surface area contributed by atoms with Crippen LogP contribution in [-0.4, -0.2) is 25.0 Å². The molecule has 5 nitrogen and oxygen atoms in total. The summed E-state index contributed by atoms with van der Waals surface area (Å²) < 4.78 is 5.72. The first kappa shape index (κ1) is 22.5. The Balaban J connectivity index is 1.94. The smallest absolute Gasteiger partial charge is 0.255 e. The molecule has 2 amide bonds. The molecular weight excluding hydrogens is 364 g/mol. The molecule has 0 radical (unpaired) electrons. The van der Waals surface area contributed by atoms with Crippen molar-refractivity contribution in [3.05, 3.63) is 59.7 Å². The van der Waals surface area contributed by atoms with Gasteiger partial charge in [-0.1, -0.05) is 51.7 Å². The number of carbonyl (C=O) groups is 2. The fourth-order valence-corrected chi connectivity index (χ4v) is 2.88. The van der Waals surface area contributed by atoms with Crippen LogP contribution in [0.4, 0.5) is 5.69 Å². The van der Waals surface area contributed by atoms with Crippen LogP contribution in [-0.2, 0) is 0 Å². The van der Waals surface area contributed by atoms with Crippen molar-refractivity contribution in [1.29, 1.82) is 0 Å². The summed E-state index contributed by atoms with van der Waals surface area (Å²) in [7, 11) is 0. The van der Waals surface area contributed by atoms with Crippen LogP contribution in [0.3, 0.4) is 0 Å². The highest BCUT2D eigenvalue weighted by atomic mass is 16.5. The van der Waals surface area contributed by atoms with Crippen LogP contribution in [0.5, 0.6) is 5.75 Å². The summed E-state index contributed by atoms with van der Waals surface area (Å²) in [4.78, 5) is 25.0. The Morgan fingerprint density at radius 1 is 0.828 bits per heavy atom. The van der Waals surface area contributed by atoms with Gasteiger partial charge in [-0.3, -0.25) is 9.59 Å². The van der Waals surface area contributed by atoms with E-state index in [9.17, 15) is 9.59 Å². The highest BCUT2D eigenvalue weighted by Crippen LogP contribution is 2.18. The topological polar surface area (TPSA) is 67.4 Å². The van der Waals surface area contributed by atoms with Gasteiger partial charge < -0.3 is 15.4 Å². The standard InChI is InChI=1S/C24H32N2O3/c1-3-5-7-10-18-29-20-15-13-19(14-16-20)23(27)26-22-12-9-8-11-21(22)24(28)25-17-6-4-2/h8-9,11-16H,3-7,10,17-18H2,1-2H3,(H,25,28)(H,26,27). The minimum Gasteiger partial charge on any atom is -0.494 e. The van der Waals surface area contributed by atoms with Crippen molar-refractivity contribution in [3.63, 3.8) is 0 Å². The van der Waals surface area contributed by atoms with E-state index >= 15 is 0 Å². The lowest BCUT2D eigenvalue weighted by atomic mass is 10.1. The normalized spacial score (nSPS) is 10.4. The fraction of sp³-hybridized carbons (Fsp3) is 0.417. The zero-order valence-electron chi connectivity index (χ0n) is 17.5. The van der Waals surface area contributed by atoms with Crippen LogP contribution >= 0.6 is 0 Å². The van der Waals surface area contributed by atoms with Crippen molar-refractivity contribution in [2.45, 2.75) is 52.4 Å². The van der Waals surface area contributed by atoms with Gasteiger partial charge in [0.15, 0.2) is 0 Å². The molecule has 0 aromatic heterocycles. The third-order valence-electron chi connectivity index (χ3n) is 4.62. The molecule has 156 valence electrons. The second kappa shape index (κ2) is 12.6. The second-order valence-electron chi connectivity index (χ2n) is 7.04. The summed E-state index contributed by atoms with van der Waals surface area (Å²) in [6, 6.07) is 14.1. The highest BCUT2D eigenvalue weighted by Gasteiger charge is 2.13. The predicted octanol–water partition coefficient (Wildman–Crippen LogP) is 5.43. The van der Waals surface area contributed by atoms with Crippen LogP contribution in [0.25, 0.3) is 0 Å². The van der Waals surface area contributed by atoms with Crippen LogP contribution in [0.15, 0.2) is 48.5 Å². The van der Waals surface area contributed by atoms with E-state index < -0.39 is 0 Å². The Morgan fingerprint density at radius 2 is 1.55 bits per heavy atom. The minimum absolute atomic E-state index is 0.179. The largest absolute Gasteiger partial charge is 0.494 e. The number of anilines is 1. The van der Waals surface area contributed by atoms with E-state index in [1.54, 1.807) is 48.5 Å². The number of para-hydroxylation sites is 1. The molecule has 0 unspecified atom stereocenters. The van der Waals surface area contributed by atoms with Gasteiger partial charge in [0.25, 0.3) is 11.8 Å². The number of hydrogen-bond acceptors (Lipinski definition) is 3. The van der Waals surface area contributed by atoms with Crippen molar-refractivity contribution in [1.82, 2.24) is 5.32 Å². The molecule has 2 N–H and O–H groups in total. The Labute approximate surface area is 173 Å². The summed E-state index contributed by atoms with van der Waals surface area (Å²) in [5.74, 6) is 0.322. The van der Waals surface area contributed by atoms with E-state index in [4.69, 9.17) is 4.74 Å². The Kier molecular flexibility index (Phi) is 9.76. The molecule has 0 saturated carbocycles. The summed E-state index contributed by atoms with van der Waals surface area (Å²) >= 11 is 0. The molecule has 0 heterocycles. The first-order valence-electron chi connectivity index (χ1n) is 10.6. The van der Waals surface area contributed by atoms with Gasteiger partial charge >= 0.3 is 0 Å². The number of carbonyl (C=O) groups excluding carboxylic acids is 2. The molecule has 0 aliphatic carbocycles. The number of rotatable bonds is 12. The lowest BCUT2D eigenvalue weighted by Gasteiger charge is -2.12. The van der Waals surface area contributed by atoms with Crippen LogP contribution in [0, 0.1) is 0 Å². The Bertz CT molecular complexity index is 772. The highest BCUT2D eigenvalue weighted by molar-refractivity contribution is 6.09. The number of nitrogens with one attached hydrogen (secondary N) is 2. The van der Waals surface area contributed by atoms with Crippen molar-refractivity contribution >= 4 is 17.5 Å². The van der Waals surface area contributed by atoms with Crippen molar-refractivity contribution in [2.24, 2.45) is 0 Å². The van der Waals surface area contributed by atoms with E-state index in [2.05, 4.69) is 24.5 Å². The predicted molar refractivity (Wildman–Crippen MR) is 118 cm³/mol. The molecular formula is C24H32N2O3. The summed E-state index contributed by atoms with van der Waals surface area (Å²) in [6.45, 7) is 5.56. The van der Waals surface area contributed by atoms with Gasteiger partial charge in [0.05, 0.1) is 17.9 Å². The van der Waals surface area contributed by atoms with E-state index in [-0.39, 0.29) is 11.8 Å². The first-order chi connectivity index (χ1) is 14.2. The lowest BCUT2D eigenvalue weighted by molar-refractivity contribution is 0.0954. The molecule has 0 saturated heterocycles. The monoisotopic (exact) mass is 396 g/mol. The molecule has 0 aliphatic rings. The third-order valence-corrected chi connectivity index (χ3v) is 4.62. The average molecular weight is 397 g/mol. The van der Waals surface area contributed by atoms with Gasteiger partial charge in [-0.15, -0.1) is 0 Å². The number of unbranched alkanes of at least 4 members (excludes halogenated alkanes) is 4. The van der Waals surface area contributed by atoms with Gasteiger partial charge in [-0.2, -0.15) is 0 Å². The SMILES string of the molecule is CCCCCCOc1ccc(C(=O)Nc2ccccc2C(=O)NCCCC)cc1. The van der Waals surface area contributed by atoms with Gasteiger partial charge in [-0.25, -0.2) is 0 Å². The zero-order valence-corrected chi connectivity index (χ0v) is 17.5. The zero-order chi connectivity index (χ0) is 20.9.